The van der Waals surface area contributed by atoms with Crippen LogP contribution in [0.25, 0.3) is 0 Å². The van der Waals surface area contributed by atoms with Gasteiger partial charge in [-0.05, 0) is 45.4 Å². The first-order chi connectivity index (χ1) is 10.3. The number of ether oxygens (including phenoxy) is 1. The van der Waals surface area contributed by atoms with E-state index in [1.54, 1.807) is 0 Å². The van der Waals surface area contributed by atoms with Gasteiger partial charge in [-0.3, -0.25) is 0 Å². The number of hydrogen-bond acceptors (Lipinski definition) is 5. The van der Waals surface area contributed by atoms with Gasteiger partial charge in [0.2, 0.25) is 0 Å². The summed E-state index contributed by atoms with van der Waals surface area (Å²) in [4.78, 5) is 14.8. The molecule has 122 valence electrons. The standard InChI is InChI=1S/C17H27N3O2/c1-12-14(16(21)22-17(2,3)4)10-13(11-15(12)18-5)20-8-6-19-7-9-20/h10-11,18-19H,6-9H2,1-5H3. The zero-order valence-electron chi connectivity index (χ0n) is 14.2. The van der Waals surface area contributed by atoms with E-state index in [2.05, 4.69) is 21.6 Å². The second kappa shape index (κ2) is 6.57. The molecule has 1 aliphatic heterocycles. The summed E-state index contributed by atoms with van der Waals surface area (Å²) in [6.45, 7) is 11.4. The Hall–Kier alpha value is -1.75. The Morgan fingerprint density at radius 1 is 1.27 bits per heavy atom. The van der Waals surface area contributed by atoms with E-state index in [0.29, 0.717) is 5.56 Å². The van der Waals surface area contributed by atoms with Crippen LogP contribution in [-0.2, 0) is 4.74 Å². The average molecular weight is 305 g/mol. The van der Waals surface area contributed by atoms with Gasteiger partial charge in [-0.2, -0.15) is 0 Å². The predicted octanol–water partition coefficient (Wildman–Crippen LogP) is 2.40. The summed E-state index contributed by atoms with van der Waals surface area (Å²) in [6, 6.07) is 4.06. The van der Waals surface area contributed by atoms with Crippen LogP contribution in [0.4, 0.5) is 11.4 Å². The largest absolute Gasteiger partial charge is 0.456 e. The summed E-state index contributed by atoms with van der Waals surface area (Å²) in [6.07, 6.45) is 0. The fraction of sp³-hybridized carbons (Fsp3) is 0.588. The lowest BCUT2D eigenvalue weighted by Gasteiger charge is -2.30. The van der Waals surface area contributed by atoms with E-state index in [4.69, 9.17) is 4.74 Å². The molecule has 0 bridgehead atoms. The van der Waals surface area contributed by atoms with Crippen molar-refractivity contribution >= 4 is 17.3 Å². The molecular formula is C17H27N3O2. The number of carbonyl (C=O) groups excluding carboxylic acids is 1. The van der Waals surface area contributed by atoms with Gasteiger partial charge >= 0.3 is 5.97 Å². The number of carbonyl (C=O) groups is 1. The van der Waals surface area contributed by atoms with Gasteiger partial charge in [0.25, 0.3) is 0 Å². The van der Waals surface area contributed by atoms with Crippen molar-refractivity contribution < 1.29 is 9.53 Å². The first-order valence-electron chi connectivity index (χ1n) is 7.83. The molecule has 1 fully saturated rings. The van der Waals surface area contributed by atoms with Crippen molar-refractivity contribution in [1.82, 2.24) is 5.32 Å². The summed E-state index contributed by atoms with van der Waals surface area (Å²) in [5.41, 5.74) is 3.11. The highest BCUT2D eigenvalue weighted by molar-refractivity contribution is 5.94. The van der Waals surface area contributed by atoms with E-state index in [1.165, 1.54) is 0 Å². The van der Waals surface area contributed by atoms with Crippen LogP contribution in [-0.4, -0.2) is 44.8 Å². The fourth-order valence-electron chi connectivity index (χ4n) is 2.61. The van der Waals surface area contributed by atoms with Crippen LogP contribution in [0.3, 0.4) is 0 Å². The predicted molar refractivity (Wildman–Crippen MR) is 91.0 cm³/mol. The summed E-state index contributed by atoms with van der Waals surface area (Å²) in [5.74, 6) is -0.265. The number of piperazine rings is 1. The van der Waals surface area contributed by atoms with Crippen LogP contribution < -0.4 is 15.5 Å². The van der Waals surface area contributed by atoms with Crippen molar-refractivity contribution in [2.24, 2.45) is 0 Å². The van der Waals surface area contributed by atoms with Crippen molar-refractivity contribution in [3.8, 4) is 0 Å². The van der Waals surface area contributed by atoms with Crippen LogP contribution in [0.5, 0.6) is 0 Å². The van der Waals surface area contributed by atoms with Gasteiger partial charge in [0, 0.05) is 44.6 Å². The van der Waals surface area contributed by atoms with Crippen molar-refractivity contribution in [3.05, 3.63) is 23.3 Å². The number of anilines is 2. The van der Waals surface area contributed by atoms with Crippen LogP contribution in [0.2, 0.25) is 0 Å². The van der Waals surface area contributed by atoms with Crippen molar-refractivity contribution in [1.29, 1.82) is 0 Å². The molecule has 1 heterocycles. The van der Waals surface area contributed by atoms with E-state index < -0.39 is 5.60 Å². The Morgan fingerprint density at radius 3 is 2.45 bits per heavy atom. The fourth-order valence-corrected chi connectivity index (χ4v) is 2.61. The molecule has 0 aliphatic carbocycles. The summed E-state index contributed by atoms with van der Waals surface area (Å²) < 4.78 is 5.55. The smallest absolute Gasteiger partial charge is 0.339 e. The third kappa shape index (κ3) is 3.91. The molecule has 1 aliphatic rings. The maximum absolute atomic E-state index is 12.5. The lowest BCUT2D eigenvalue weighted by Crippen LogP contribution is -2.43. The SMILES string of the molecule is CNc1cc(N2CCNCC2)cc(C(=O)OC(C)(C)C)c1C. The molecule has 0 unspecified atom stereocenters. The Labute approximate surface area is 133 Å². The van der Waals surface area contributed by atoms with E-state index >= 15 is 0 Å². The van der Waals surface area contributed by atoms with E-state index in [1.807, 2.05) is 40.8 Å². The zero-order valence-corrected chi connectivity index (χ0v) is 14.2. The molecule has 0 spiro atoms. The highest BCUT2D eigenvalue weighted by atomic mass is 16.6. The van der Waals surface area contributed by atoms with Gasteiger partial charge in [-0.15, -0.1) is 0 Å². The van der Waals surface area contributed by atoms with Gasteiger partial charge in [0.15, 0.2) is 0 Å². The monoisotopic (exact) mass is 305 g/mol. The number of nitrogens with zero attached hydrogens (tertiary/aromatic N) is 1. The van der Waals surface area contributed by atoms with Gasteiger partial charge in [-0.1, -0.05) is 0 Å². The first-order valence-corrected chi connectivity index (χ1v) is 7.83. The Bertz CT molecular complexity index is 544. The minimum absolute atomic E-state index is 0.265. The molecule has 0 aromatic heterocycles. The third-order valence-electron chi connectivity index (χ3n) is 3.76. The van der Waals surface area contributed by atoms with Gasteiger partial charge in [-0.25, -0.2) is 4.79 Å². The van der Waals surface area contributed by atoms with Crippen LogP contribution in [0, 0.1) is 6.92 Å². The van der Waals surface area contributed by atoms with E-state index in [0.717, 1.165) is 43.1 Å². The molecule has 0 atom stereocenters. The van der Waals surface area contributed by atoms with Crippen molar-refractivity contribution in [2.75, 3.05) is 43.4 Å². The maximum Gasteiger partial charge on any atom is 0.339 e. The highest BCUT2D eigenvalue weighted by Gasteiger charge is 2.22. The van der Waals surface area contributed by atoms with Crippen LogP contribution in [0.1, 0.15) is 36.7 Å². The molecule has 2 rings (SSSR count). The lowest BCUT2D eigenvalue weighted by atomic mass is 10.0. The molecule has 2 N–H and O–H groups in total. The van der Waals surface area contributed by atoms with E-state index in [9.17, 15) is 4.79 Å². The molecule has 5 nitrogen and oxygen atoms in total. The molecule has 1 aromatic rings. The molecule has 1 saturated heterocycles. The van der Waals surface area contributed by atoms with Crippen LogP contribution >= 0.6 is 0 Å². The molecule has 0 saturated carbocycles. The molecule has 22 heavy (non-hydrogen) atoms. The number of nitrogens with one attached hydrogen (secondary N) is 2. The van der Waals surface area contributed by atoms with Gasteiger partial charge in [0.05, 0.1) is 5.56 Å². The number of rotatable bonds is 3. The molecule has 0 radical (unpaired) electrons. The third-order valence-corrected chi connectivity index (χ3v) is 3.76. The Balaban J connectivity index is 2.37. The Kier molecular flexibility index (Phi) is 4.96. The van der Waals surface area contributed by atoms with Crippen molar-refractivity contribution in [2.45, 2.75) is 33.3 Å². The van der Waals surface area contributed by atoms with Crippen LogP contribution in [0.15, 0.2) is 12.1 Å². The second-order valence-corrected chi connectivity index (χ2v) is 6.65. The minimum Gasteiger partial charge on any atom is -0.456 e. The lowest BCUT2D eigenvalue weighted by molar-refractivity contribution is 0.00688. The summed E-state index contributed by atoms with van der Waals surface area (Å²) in [7, 11) is 1.88. The summed E-state index contributed by atoms with van der Waals surface area (Å²) >= 11 is 0. The molecule has 1 aromatic carbocycles. The number of benzene rings is 1. The first kappa shape index (κ1) is 16.6. The topological polar surface area (TPSA) is 53.6 Å². The van der Waals surface area contributed by atoms with Crippen molar-refractivity contribution in [3.63, 3.8) is 0 Å². The highest BCUT2D eigenvalue weighted by Crippen LogP contribution is 2.28. The summed E-state index contributed by atoms with van der Waals surface area (Å²) in [5, 5.41) is 6.53. The quantitative estimate of drug-likeness (QED) is 0.840. The molecular weight excluding hydrogens is 278 g/mol. The number of esters is 1. The zero-order chi connectivity index (χ0) is 16.3. The van der Waals surface area contributed by atoms with Gasteiger partial charge in [0.1, 0.15) is 5.60 Å². The number of hydrogen-bond donors (Lipinski definition) is 2. The second-order valence-electron chi connectivity index (χ2n) is 6.65. The maximum atomic E-state index is 12.5. The molecule has 0 amide bonds. The molecule has 5 heteroatoms. The Morgan fingerprint density at radius 2 is 1.91 bits per heavy atom. The van der Waals surface area contributed by atoms with Gasteiger partial charge < -0.3 is 20.3 Å². The average Bonchev–Trinajstić information content (AvgIpc) is 2.46. The minimum atomic E-state index is -0.492. The van der Waals surface area contributed by atoms with E-state index in [-0.39, 0.29) is 5.97 Å². The normalized spacial score (nSPS) is 15.6.